The molecule has 1 saturated heterocycles. The molecule has 1 fully saturated rings. The molecule has 1 heterocycles. The van der Waals surface area contributed by atoms with Crippen LogP contribution < -0.4 is 5.32 Å². The summed E-state index contributed by atoms with van der Waals surface area (Å²) < 4.78 is 42.2. The van der Waals surface area contributed by atoms with E-state index in [0.717, 1.165) is 11.1 Å². The van der Waals surface area contributed by atoms with Crippen molar-refractivity contribution in [2.75, 3.05) is 20.2 Å². The van der Waals surface area contributed by atoms with Gasteiger partial charge >= 0.3 is 6.18 Å². The summed E-state index contributed by atoms with van der Waals surface area (Å²) in [6.45, 7) is -0.811. The van der Waals surface area contributed by atoms with E-state index in [1.807, 2.05) is 24.3 Å². The smallest absolute Gasteiger partial charge is 0.380 e. The summed E-state index contributed by atoms with van der Waals surface area (Å²) in [7, 11) is 1.58. The van der Waals surface area contributed by atoms with E-state index in [2.05, 4.69) is 5.32 Å². The second-order valence-corrected chi connectivity index (χ2v) is 5.76. The number of amides is 2. The van der Waals surface area contributed by atoms with Crippen LogP contribution in [0.3, 0.4) is 0 Å². The van der Waals surface area contributed by atoms with Crippen LogP contribution in [0.4, 0.5) is 13.2 Å². The number of hydrogen-bond donors (Lipinski definition) is 1. The number of halogens is 3. The van der Waals surface area contributed by atoms with E-state index in [-0.39, 0.29) is 19.5 Å². The third-order valence-electron chi connectivity index (χ3n) is 3.72. The van der Waals surface area contributed by atoms with Gasteiger partial charge in [0, 0.05) is 26.6 Å². The number of nitrogens with zero attached hydrogens (tertiary/aromatic N) is 1. The molecule has 2 amide bonds. The van der Waals surface area contributed by atoms with E-state index in [1.165, 1.54) is 0 Å². The maximum absolute atomic E-state index is 12.4. The lowest BCUT2D eigenvalue weighted by Crippen LogP contribution is -2.37. The summed E-state index contributed by atoms with van der Waals surface area (Å²) in [6, 6.07) is 7.42. The molecule has 0 saturated carbocycles. The molecule has 1 aliphatic heterocycles. The summed E-state index contributed by atoms with van der Waals surface area (Å²) >= 11 is 0. The topological polar surface area (TPSA) is 58.6 Å². The number of carbonyl (C=O) groups excluding carboxylic acids is 2. The molecule has 1 unspecified atom stereocenters. The highest BCUT2D eigenvalue weighted by atomic mass is 19.4. The van der Waals surface area contributed by atoms with Crippen LogP contribution in [-0.2, 0) is 27.5 Å². The molecule has 2 rings (SSSR count). The van der Waals surface area contributed by atoms with Gasteiger partial charge in [-0.15, -0.1) is 0 Å². The SMILES string of the molecule is COCc1cccc(CNC(=O)C2CC(=O)N(CC(F)(F)F)C2)c1. The molecule has 1 atom stereocenters. The van der Waals surface area contributed by atoms with Crippen molar-refractivity contribution in [2.24, 2.45) is 5.92 Å². The molecule has 0 radical (unpaired) electrons. The number of nitrogens with one attached hydrogen (secondary N) is 1. The average molecular weight is 344 g/mol. The Kier molecular flexibility index (Phi) is 5.82. The van der Waals surface area contributed by atoms with Crippen molar-refractivity contribution >= 4 is 11.8 Å². The predicted molar refractivity (Wildman–Crippen MR) is 79.7 cm³/mol. The second-order valence-electron chi connectivity index (χ2n) is 5.76. The fourth-order valence-corrected chi connectivity index (χ4v) is 2.65. The zero-order chi connectivity index (χ0) is 17.7. The minimum absolute atomic E-state index is 0.189. The monoisotopic (exact) mass is 344 g/mol. The van der Waals surface area contributed by atoms with Crippen LogP contribution in [0.2, 0.25) is 0 Å². The Hall–Kier alpha value is -2.09. The average Bonchev–Trinajstić information content (AvgIpc) is 2.85. The number of methoxy groups -OCH3 is 1. The Morgan fingerprint density at radius 2 is 2.08 bits per heavy atom. The van der Waals surface area contributed by atoms with Crippen LogP contribution in [-0.4, -0.2) is 43.1 Å². The molecule has 0 aromatic heterocycles. The van der Waals surface area contributed by atoms with Gasteiger partial charge in [0.1, 0.15) is 6.54 Å². The fourth-order valence-electron chi connectivity index (χ4n) is 2.65. The molecule has 8 heteroatoms. The van der Waals surface area contributed by atoms with E-state index >= 15 is 0 Å². The van der Waals surface area contributed by atoms with Gasteiger partial charge in [0.2, 0.25) is 11.8 Å². The van der Waals surface area contributed by atoms with E-state index in [0.29, 0.717) is 11.5 Å². The fraction of sp³-hybridized carbons (Fsp3) is 0.500. The predicted octanol–water partition coefficient (Wildman–Crippen LogP) is 1.86. The molecule has 1 aromatic rings. The zero-order valence-corrected chi connectivity index (χ0v) is 13.2. The minimum atomic E-state index is -4.46. The highest BCUT2D eigenvalue weighted by molar-refractivity contribution is 5.89. The van der Waals surface area contributed by atoms with E-state index in [4.69, 9.17) is 4.74 Å². The van der Waals surface area contributed by atoms with E-state index in [1.54, 1.807) is 7.11 Å². The molecule has 1 aromatic carbocycles. The quantitative estimate of drug-likeness (QED) is 0.857. The van der Waals surface area contributed by atoms with Gasteiger partial charge in [0.25, 0.3) is 0 Å². The van der Waals surface area contributed by atoms with Gasteiger partial charge in [-0.25, -0.2) is 0 Å². The summed E-state index contributed by atoms with van der Waals surface area (Å²) in [6.07, 6.45) is -4.64. The maximum Gasteiger partial charge on any atom is 0.406 e. The maximum atomic E-state index is 12.4. The number of likely N-dealkylation sites (tertiary alicyclic amines) is 1. The van der Waals surface area contributed by atoms with Crippen molar-refractivity contribution in [2.45, 2.75) is 25.7 Å². The van der Waals surface area contributed by atoms with Crippen LogP contribution in [0, 0.1) is 5.92 Å². The van der Waals surface area contributed by atoms with Crippen LogP contribution >= 0.6 is 0 Å². The largest absolute Gasteiger partial charge is 0.406 e. The Bertz CT molecular complexity index is 604. The highest BCUT2D eigenvalue weighted by Crippen LogP contribution is 2.24. The first kappa shape index (κ1) is 18.3. The van der Waals surface area contributed by atoms with Crippen molar-refractivity contribution in [1.29, 1.82) is 0 Å². The van der Waals surface area contributed by atoms with Gasteiger partial charge in [-0.1, -0.05) is 24.3 Å². The lowest BCUT2D eigenvalue weighted by atomic mass is 10.1. The summed E-state index contributed by atoms with van der Waals surface area (Å²) in [5.74, 6) is -1.80. The number of rotatable bonds is 6. The molecule has 5 nitrogen and oxygen atoms in total. The first-order valence-corrected chi connectivity index (χ1v) is 7.47. The highest BCUT2D eigenvalue weighted by Gasteiger charge is 2.40. The van der Waals surface area contributed by atoms with Gasteiger partial charge in [-0.2, -0.15) is 13.2 Å². The Morgan fingerprint density at radius 3 is 2.75 bits per heavy atom. The van der Waals surface area contributed by atoms with Crippen molar-refractivity contribution in [3.8, 4) is 0 Å². The second kappa shape index (κ2) is 7.65. The third kappa shape index (κ3) is 5.23. The number of benzene rings is 1. The normalized spacial score (nSPS) is 18.1. The Labute approximate surface area is 137 Å². The van der Waals surface area contributed by atoms with Crippen LogP contribution in [0.25, 0.3) is 0 Å². The van der Waals surface area contributed by atoms with Crippen LogP contribution in [0.5, 0.6) is 0 Å². The lowest BCUT2D eigenvalue weighted by molar-refractivity contribution is -0.157. The summed E-state index contributed by atoms with van der Waals surface area (Å²) in [5.41, 5.74) is 1.81. The number of hydrogen-bond acceptors (Lipinski definition) is 3. The molecule has 1 aliphatic rings. The van der Waals surface area contributed by atoms with Gasteiger partial charge < -0.3 is 15.0 Å². The number of alkyl halides is 3. The molecular weight excluding hydrogens is 325 g/mol. The lowest BCUT2D eigenvalue weighted by Gasteiger charge is -2.18. The van der Waals surface area contributed by atoms with Crippen molar-refractivity contribution in [3.63, 3.8) is 0 Å². The van der Waals surface area contributed by atoms with Crippen molar-refractivity contribution < 1.29 is 27.5 Å². The minimum Gasteiger partial charge on any atom is -0.380 e. The zero-order valence-electron chi connectivity index (χ0n) is 13.2. The molecule has 1 N–H and O–H groups in total. The Balaban J connectivity index is 1.87. The number of ether oxygens (including phenoxy) is 1. The summed E-state index contributed by atoms with van der Waals surface area (Å²) in [4.78, 5) is 24.4. The van der Waals surface area contributed by atoms with E-state index in [9.17, 15) is 22.8 Å². The number of carbonyl (C=O) groups is 2. The van der Waals surface area contributed by atoms with E-state index < -0.39 is 30.5 Å². The molecule has 132 valence electrons. The van der Waals surface area contributed by atoms with Crippen LogP contribution in [0.15, 0.2) is 24.3 Å². The van der Waals surface area contributed by atoms with Crippen molar-refractivity contribution in [1.82, 2.24) is 10.2 Å². The third-order valence-corrected chi connectivity index (χ3v) is 3.72. The Morgan fingerprint density at radius 1 is 1.38 bits per heavy atom. The summed E-state index contributed by atoms with van der Waals surface area (Å²) in [5, 5.41) is 2.67. The first-order valence-electron chi connectivity index (χ1n) is 7.47. The van der Waals surface area contributed by atoms with Gasteiger partial charge in [-0.3, -0.25) is 9.59 Å². The van der Waals surface area contributed by atoms with Crippen molar-refractivity contribution in [3.05, 3.63) is 35.4 Å². The molecule has 24 heavy (non-hydrogen) atoms. The molecular formula is C16H19F3N2O3. The van der Waals surface area contributed by atoms with Gasteiger partial charge in [-0.05, 0) is 11.1 Å². The molecule has 0 spiro atoms. The molecule has 0 aliphatic carbocycles. The standard InChI is InChI=1S/C16H19F3N2O3/c1-24-9-12-4-2-3-11(5-12)7-20-15(23)13-6-14(22)21(8-13)10-16(17,18)19/h2-5,13H,6-10H2,1H3,(H,20,23). The van der Waals surface area contributed by atoms with Crippen LogP contribution in [0.1, 0.15) is 17.5 Å². The van der Waals surface area contributed by atoms with Gasteiger partial charge in [0.05, 0.1) is 12.5 Å². The first-order chi connectivity index (χ1) is 11.3. The van der Waals surface area contributed by atoms with Gasteiger partial charge in [0.15, 0.2) is 0 Å². The molecule has 0 bridgehead atoms.